The second-order valence-corrected chi connectivity index (χ2v) is 3.75. The Kier molecular flexibility index (Phi) is 3.14. The molecule has 1 aliphatic heterocycles. The first-order valence-electron chi connectivity index (χ1n) is 4.80. The standard InChI is InChI=1S/C9H18N2O2/c1-3-9(2,7-12)11-6-4-5-10-8(11)13/h12H,3-7H2,1-2H3,(H,10,13). The van der Waals surface area contributed by atoms with Gasteiger partial charge in [-0.05, 0) is 19.8 Å². The van der Waals surface area contributed by atoms with Crippen molar-refractivity contribution in [1.29, 1.82) is 0 Å². The fraction of sp³-hybridized carbons (Fsp3) is 0.889. The molecule has 0 radical (unpaired) electrons. The van der Waals surface area contributed by atoms with E-state index in [-0.39, 0.29) is 12.6 Å². The van der Waals surface area contributed by atoms with Crippen molar-refractivity contribution in [2.45, 2.75) is 32.2 Å². The number of rotatable bonds is 3. The zero-order valence-electron chi connectivity index (χ0n) is 8.34. The van der Waals surface area contributed by atoms with Crippen LogP contribution in [0.3, 0.4) is 0 Å². The molecule has 0 aromatic heterocycles. The summed E-state index contributed by atoms with van der Waals surface area (Å²) >= 11 is 0. The van der Waals surface area contributed by atoms with Crippen LogP contribution in [-0.4, -0.2) is 41.3 Å². The largest absolute Gasteiger partial charge is 0.394 e. The van der Waals surface area contributed by atoms with E-state index < -0.39 is 5.54 Å². The predicted molar refractivity (Wildman–Crippen MR) is 50.5 cm³/mol. The van der Waals surface area contributed by atoms with Crippen molar-refractivity contribution in [2.24, 2.45) is 0 Å². The minimum atomic E-state index is -0.398. The van der Waals surface area contributed by atoms with Gasteiger partial charge >= 0.3 is 6.03 Å². The van der Waals surface area contributed by atoms with E-state index >= 15 is 0 Å². The summed E-state index contributed by atoms with van der Waals surface area (Å²) in [6.07, 6.45) is 1.73. The lowest BCUT2D eigenvalue weighted by molar-refractivity contribution is 0.0565. The highest BCUT2D eigenvalue weighted by atomic mass is 16.3. The van der Waals surface area contributed by atoms with E-state index in [1.807, 2.05) is 13.8 Å². The van der Waals surface area contributed by atoms with Gasteiger partial charge in [0.25, 0.3) is 0 Å². The molecule has 13 heavy (non-hydrogen) atoms. The smallest absolute Gasteiger partial charge is 0.317 e. The quantitative estimate of drug-likeness (QED) is 0.676. The van der Waals surface area contributed by atoms with Crippen molar-refractivity contribution in [3.63, 3.8) is 0 Å². The summed E-state index contributed by atoms with van der Waals surface area (Å²) in [5.41, 5.74) is -0.398. The molecule has 4 nitrogen and oxygen atoms in total. The van der Waals surface area contributed by atoms with Crippen LogP contribution in [0.2, 0.25) is 0 Å². The molecule has 4 heteroatoms. The molecule has 2 N–H and O–H groups in total. The third kappa shape index (κ3) is 1.94. The molecule has 1 saturated heterocycles. The Labute approximate surface area is 78.9 Å². The van der Waals surface area contributed by atoms with Gasteiger partial charge in [0.2, 0.25) is 0 Å². The summed E-state index contributed by atoms with van der Waals surface area (Å²) in [7, 11) is 0. The van der Waals surface area contributed by atoms with E-state index in [9.17, 15) is 9.90 Å². The van der Waals surface area contributed by atoms with Gasteiger partial charge in [-0.1, -0.05) is 6.92 Å². The number of hydrogen-bond acceptors (Lipinski definition) is 2. The van der Waals surface area contributed by atoms with Crippen LogP contribution in [0.1, 0.15) is 26.7 Å². The molecular formula is C9H18N2O2. The van der Waals surface area contributed by atoms with E-state index in [0.29, 0.717) is 0 Å². The van der Waals surface area contributed by atoms with Crippen molar-refractivity contribution < 1.29 is 9.90 Å². The highest BCUT2D eigenvalue weighted by Crippen LogP contribution is 2.20. The zero-order chi connectivity index (χ0) is 9.90. The highest BCUT2D eigenvalue weighted by Gasteiger charge is 2.34. The monoisotopic (exact) mass is 186 g/mol. The minimum absolute atomic E-state index is 0.0247. The number of nitrogens with one attached hydrogen (secondary N) is 1. The topological polar surface area (TPSA) is 52.6 Å². The van der Waals surface area contributed by atoms with Crippen LogP contribution in [0.5, 0.6) is 0 Å². The Hall–Kier alpha value is -0.770. The summed E-state index contributed by atoms with van der Waals surface area (Å²) in [5, 5.41) is 12.0. The molecule has 2 amide bonds. The number of aliphatic hydroxyl groups excluding tert-OH is 1. The molecular weight excluding hydrogens is 168 g/mol. The van der Waals surface area contributed by atoms with E-state index in [2.05, 4.69) is 5.32 Å². The molecule has 1 aliphatic rings. The second kappa shape index (κ2) is 3.96. The number of aliphatic hydroxyl groups is 1. The Morgan fingerprint density at radius 1 is 1.69 bits per heavy atom. The average molecular weight is 186 g/mol. The lowest BCUT2D eigenvalue weighted by Gasteiger charge is -2.41. The number of carbonyl (C=O) groups is 1. The fourth-order valence-corrected chi connectivity index (χ4v) is 1.53. The number of carbonyl (C=O) groups excluding carboxylic acids is 1. The van der Waals surface area contributed by atoms with Crippen LogP contribution in [-0.2, 0) is 0 Å². The molecule has 0 spiro atoms. The molecule has 0 saturated carbocycles. The van der Waals surface area contributed by atoms with Crippen molar-refractivity contribution in [1.82, 2.24) is 10.2 Å². The maximum Gasteiger partial charge on any atom is 0.317 e. The van der Waals surface area contributed by atoms with Gasteiger partial charge in [0.05, 0.1) is 12.1 Å². The Balaban J connectivity index is 2.71. The van der Waals surface area contributed by atoms with E-state index in [1.165, 1.54) is 0 Å². The van der Waals surface area contributed by atoms with Crippen LogP contribution in [0.4, 0.5) is 4.79 Å². The average Bonchev–Trinajstić information content (AvgIpc) is 2.17. The third-order valence-corrected chi connectivity index (χ3v) is 2.83. The van der Waals surface area contributed by atoms with Gasteiger partial charge in [-0.15, -0.1) is 0 Å². The molecule has 1 unspecified atom stereocenters. The van der Waals surface area contributed by atoms with Gasteiger partial charge in [-0.3, -0.25) is 0 Å². The summed E-state index contributed by atoms with van der Waals surface area (Å²) in [5.74, 6) is 0. The first-order chi connectivity index (χ1) is 6.14. The Morgan fingerprint density at radius 2 is 2.38 bits per heavy atom. The van der Waals surface area contributed by atoms with Gasteiger partial charge in [-0.2, -0.15) is 0 Å². The van der Waals surface area contributed by atoms with Crippen LogP contribution in [0, 0.1) is 0 Å². The SMILES string of the molecule is CCC(C)(CO)N1CCCNC1=O. The number of amides is 2. The Bertz CT molecular complexity index is 190. The summed E-state index contributed by atoms with van der Waals surface area (Å²) in [6, 6.07) is -0.0512. The Morgan fingerprint density at radius 3 is 2.85 bits per heavy atom. The normalized spacial score (nSPS) is 22.4. The molecule has 0 aliphatic carbocycles. The minimum Gasteiger partial charge on any atom is -0.394 e. The summed E-state index contributed by atoms with van der Waals surface area (Å²) < 4.78 is 0. The zero-order valence-corrected chi connectivity index (χ0v) is 8.34. The van der Waals surface area contributed by atoms with Crippen LogP contribution < -0.4 is 5.32 Å². The van der Waals surface area contributed by atoms with Gasteiger partial charge in [0.1, 0.15) is 0 Å². The first kappa shape index (κ1) is 10.3. The van der Waals surface area contributed by atoms with Crippen LogP contribution >= 0.6 is 0 Å². The molecule has 76 valence electrons. The van der Waals surface area contributed by atoms with Gasteiger partial charge < -0.3 is 15.3 Å². The van der Waals surface area contributed by atoms with E-state index in [0.717, 1.165) is 25.9 Å². The van der Waals surface area contributed by atoms with Gasteiger partial charge in [0.15, 0.2) is 0 Å². The third-order valence-electron chi connectivity index (χ3n) is 2.83. The lowest BCUT2D eigenvalue weighted by Crippen LogP contribution is -2.58. The van der Waals surface area contributed by atoms with Gasteiger partial charge in [0, 0.05) is 13.1 Å². The second-order valence-electron chi connectivity index (χ2n) is 3.75. The highest BCUT2D eigenvalue weighted by molar-refractivity contribution is 5.75. The molecule has 0 bridgehead atoms. The molecule has 1 heterocycles. The number of nitrogens with zero attached hydrogens (tertiary/aromatic N) is 1. The molecule has 1 rings (SSSR count). The molecule has 1 atom stereocenters. The van der Waals surface area contributed by atoms with Crippen molar-refractivity contribution in [3.05, 3.63) is 0 Å². The summed E-state index contributed by atoms with van der Waals surface area (Å²) in [4.78, 5) is 13.2. The molecule has 0 aromatic rings. The maximum atomic E-state index is 11.5. The molecule has 0 aromatic carbocycles. The molecule has 1 fully saturated rings. The van der Waals surface area contributed by atoms with Crippen molar-refractivity contribution in [2.75, 3.05) is 19.7 Å². The van der Waals surface area contributed by atoms with Crippen molar-refractivity contribution >= 4 is 6.03 Å². The lowest BCUT2D eigenvalue weighted by atomic mass is 9.97. The summed E-state index contributed by atoms with van der Waals surface area (Å²) in [6.45, 7) is 5.42. The van der Waals surface area contributed by atoms with Crippen LogP contribution in [0.15, 0.2) is 0 Å². The van der Waals surface area contributed by atoms with Crippen molar-refractivity contribution in [3.8, 4) is 0 Å². The maximum absolute atomic E-state index is 11.5. The number of urea groups is 1. The predicted octanol–water partition coefficient (Wildman–Crippen LogP) is 0.563. The van der Waals surface area contributed by atoms with Gasteiger partial charge in [-0.25, -0.2) is 4.79 Å². The van der Waals surface area contributed by atoms with Crippen LogP contribution in [0.25, 0.3) is 0 Å². The van der Waals surface area contributed by atoms with E-state index in [4.69, 9.17) is 0 Å². The number of hydrogen-bond donors (Lipinski definition) is 2. The fourth-order valence-electron chi connectivity index (χ4n) is 1.53. The first-order valence-corrected chi connectivity index (χ1v) is 4.80. The van der Waals surface area contributed by atoms with E-state index in [1.54, 1.807) is 4.90 Å².